The van der Waals surface area contributed by atoms with Crippen molar-refractivity contribution in [3.05, 3.63) is 146 Å². The van der Waals surface area contributed by atoms with Gasteiger partial charge in [0.15, 0.2) is 0 Å². The summed E-state index contributed by atoms with van der Waals surface area (Å²) in [6.07, 6.45) is 0. The third-order valence-corrected chi connectivity index (χ3v) is 7.74. The van der Waals surface area contributed by atoms with Gasteiger partial charge in [0.2, 0.25) is 0 Å². The summed E-state index contributed by atoms with van der Waals surface area (Å²) < 4.78 is 0. The molecule has 0 amide bonds. The zero-order valence-electron chi connectivity index (χ0n) is 26.2. The smallest absolute Gasteiger partial charge is 0.778 e. The van der Waals surface area contributed by atoms with Gasteiger partial charge in [0.05, 0.1) is 0 Å². The van der Waals surface area contributed by atoms with Crippen LogP contribution in [-0.2, 0) is 96.8 Å². The van der Waals surface area contributed by atoms with Crippen LogP contribution in [0.15, 0.2) is 175 Å². The molecule has 252 valence electrons. The summed E-state index contributed by atoms with van der Waals surface area (Å²) in [5, 5.41) is 0. The number of anilines is 6. The van der Waals surface area contributed by atoms with E-state index in [2.05, 4.69) is 0 Å². The Bertz CT molecular complexity index is 1330. The van der Waals surface area contributed by atoms with Crippen LogP contribution in [0.3, 0.4) is 0 Å². The van der Waals surface area contributed by atoms with Crippen LogP contribution in [0.2, 0.25) is 0 Å². The third-order valence-electron chi connectivity index (χ3n) is 5.51. The zero-order chi connectivity index (χ0) is 35.9. The van der Waals surface area contributed by atoms with Gasteiger partial charge in [0.1, 0.15) is 0 Å². The maximum absolute atomic E-state index is 5.42. The molecule has 12 N–H and O–H groups in total. The molecule has 0 saturated heterocycles. The summed E-state index contributed by atoms with van der Waals surface area (Å²) in [4.78, 5) is 4.38. The summed E-state index contributed by atoms with van der Waals surface area (Å²) in [6, 6.07) is 44.1. The van der Waals surface area contributed by atoms with Crippen LogP contribution in [0, 0.1) is 0 Å². The molecule has 0 unspecified atom stereocenters. The van der Waals surface area contributed by atoms with Crippen LogP contribution >= 0.6 is 0 Å². The first-order chi connectivity index (χ1) is 22.8. The number of nitrogen functional groups attached to an aromatic ring is 6. The van der Waals surface area contributed by atoms with E-state index in [0.717, 1.165) is 29.4 Å². The Hall–Kier alpha value is -3.87. The Labute approximate surface area is 337 Å². The van der Waals surface area contributed by atoms with Crippen molar-refractivity contribution in [2.24, 2.45) is 0 Å². The molecule has 0 bridgehead atoms. The summed E-state index contributed by atoms with van der Waals surface area (Å²) in [5.41, 5.74) is 36.6. The second-order valence-corrected chi connectivity index (χ2v) is 11.9. The summed E-state index contributed by atoms with van der Waals surface area (Å²) in [7, 11) is 0. The largest absolute Gasteiger partial charge is 6.00 e. The molecule has 0 fully saturated rings. The molecule has 6 aromatic carbocycles. The molecule has 0 aromatic heterocycles. The fourth-order valence-electron chi connectivity index (χ4n) is 2.88. The number of nitrogens with two attached hydrogens (primary N) is 6. The maximum atomic E-state index is 5.42. The molecule has 49 heavy (non-hydrogen) atoms. The molecular weight excluding hydrogens is 805 g/mol. The number of benzene rings is 6. The Morgan fingerprint density at radius 3 is 0.388 bits per heavy atom. The summed E-state index contributed by atoms with van der Waals surface area (Å²) >= 11 is 29.0. The second-order valence-electron chi connectivity index (χ2n) is 9.23. The quantitative estimate of drug-likeness (QED) is 0.0528. The zero-order valence-corrected chi connectivity index (χ0v) is 33.1. The minimum atomic E-state index is 0. The fraction of sp³-hybridized carbons (Fsp3) is 0. The molecular formula is C36H36MoN6S6. The topological polar surface area (TPSA) is 156 Å². The van der Waals surface area contributed by atoms with Gasteiger partial charge < -0.3 is 110 Å². The first-order valence-electron chi connectivity index (χ1n) is 13.9. The van der Waals surface area contributed by atoms with Crippen LogP contribution in [0.5, 0.6) is 0 Å². The standard InChI is InChI=1S/6C6H7NS.Mo/c6*7-5-3-1-2-4-6(5)8;/h6*1-4,8H,7H2;/q;;;;;;+6/p-6. The molecule has 13 heteroatoms. The van der Waals surface area contributed by atoms with Gasteiger partial charge in [-0.2, -0.15) is 29.4 Å². The van der Waals surface area contributed by atoms with Crippen molar-refractivity contribution in [2.45, 2.75) is 29.4 Å². The number of hydrogen-bond acceptors (Lipinski definition) is 12. The molecule has 0 atom stereocenters. The van der Waals surface area contributed by atoms with E-state index in [-0.39, 0.29) is 21.1 Å². The van der Waals surface area contributed by atoms with Crippen molar-refractivity contribution < 1.29 is 21.1 Å². The predicted molar refractivity (Wildman–Crippen MR) is 219 cm³/mol. The van der Waals surface area contributed by atoms with E-state index in [1.807, 2.05) is 109 Å². The van der Waals surface area contributed by atoms with E-state index in [0.29, 0.717) is 34.1 Å². The van der Waals surface area contributed by atoms with Crippen molar-refractivity contribution >= 4 is 110 Å². The number of hydrogen-bond donors (Lipinski definition) is 6. The SMILES string of the molecule is Nc1ccccc1[S-].Nc1ccccc1[S-].Nc1ccccc1[S-].Nc1ccccc1[S-].Nc1ccccc1[S-].Nc1ccccc1[S-].[Mo+6]. The molecule has 0 spiro atoms. The van der Waals surface area contributed by atoms with Gasteiger partial charge in [-0.3, -0.25) is 0 Å². The normalized spacial score (nSPS) is 8.82. The van der Waals surface area contributed by atoms with Gasteiger partial charge in [-0.15, -0.1) is 0 Å². The first kappa shape index (κ1) is 45.1. The molecule has 0 heterocycles. The summed E-state index contributed by atoms with van der Waals surface area (Å²) in [6.45, 7) is 0. The van der Waals surface area contributed by atoms with Crippen molar-refractivity contribution in [1.82, 2.24) is 0 Å². The molecule has 0 saturated carbocycles. The van der Waals surface area contributed by atoms with E-state index in [9.17, 15) is 0 Å². The van der Waals surface area contributed by atoms with Crippen molar-refractivity contribution in [1.29, 1.82) is 0 Å². The molecule has 0 aliphatic heterocycles. The third kappa shape index (κ3) is 20.3. The Morgan fingerprint density at radius 2 is 0.327 bits per heavy atom. The van der Waals surface area contributed by atoms with Crippen LogP contribution in [-0.4, -0.2) is 0 Å². The molecule has 6 aromatic rings. The number of rotatable bonds is 0. The minimum Gasteiger partial charge on any atom is -0.778 e. The van der Waals surface area contributed by atoms with Crippen molar-refractivity contribution in [3.63, 3.8) is 0 Å². The van der Waals surface area contributed by atoms with Gasteiger partial charge in [-0.05, 0) is 36.4 Å². The van der Waals surface area contributed by atoms with E-state index in [1.165, 1.54) is 0 Å². The van der Waals surface area contributed by atoms with E-state index in [4.69, 9.17) is 110 Å². The monoisotopic (exact) mass is 842 g/mol. The second kappa shape index (κ2) is 26.1. The van der Waals surface area contributed by atoms with Gasteiger partial charge in [0.25, 0.3) is 0 Å². The van der Waals surface area contributed by atoms with Crippen molar-refractivity contribution in [3.8, 4) is 0 Å². The fourth-order valence-corrected chi connectivity index (χ4v) is 3.76. The molecule has 0 aliphatic carbocycles. The minimum absolute atomic E-state index is 0. The van der Waals surface area contributed by atoms with Crippen LogP contribution in [0.25, 0.3) is 0 Å². The van der Waals surface area contributed by atoms with E-state index >= 15 is 0 Å². The van der Waals surface area contributed by atoms with E-state index in [1.54, 1.807) is 36.4 Å². The van der Waals surface area contributed by atoms with Crippen LogP contribution in [0.4, 0.5) is 34.1 Å². The molecule has 0 aliphatic rings. The van der Waals surface area contributed by atoms with E-state index < -0.39 is 0 Å². The Kier molecular flexibility index (Phi) is 24.0. The predicted octanol–water partition coefficient (Wildman–Crippen LogP) is 7.05. The van der Waals surface area contributed by atoms with Gasteiger partial charge in [-0.25, -0.2) is 0 Å². The Morgan fingerprint density at radius 1 is 0.224 bits per heavy atom. The molecule has 0 radical (unpaired) electrons. The average Bonchev–Trinajstić information content (AvgIpc) is 3.07. The van der Waals surface area contributed by atoms with Gasteiger partial charge in [0, 0.05) is 34.1 Å². The Balaban J connectivity index is 0.000000562. The van der Waals surface area contributed by atoms with Gasteiger partial charge in [-0.1, -0.05) is 109 Å². The summed E-state index contributed by atoms with van der Waals surface area (Å²) in [5.74, 6) is 0. The first-order valence-corrected chi connectivity index (χ1v) is 16.4. The molecule has 6 rings (SSSR count). The van der Waals surface area contributed by atoms with Crippen molar-refractivity contribution in [2.75, 3.05) is 34.4 Å². The van der Waals surface area contributed by atoms with Gasteiger partial charge >= 0.3 is 21.1 Å². The number of para-hydroxylation sites is 6. The average molecular weight is 841 g/mol. The molecule has 6 nitrogen and oxygen atoms in total. The maximum Gasteiger partial charge on any atom is 6.00 e. The van der Waals surface area contributed by atoms with Crippen LogP contribution in [0.1, 0.15) is 0 Å². The van der Waals surface area contributed by atoms with Crippen LogP contribution < -0.4 is 34.4 Å².